The Balaban J connectivity index is 2.56. The standard InChI is InChI=1S/C7H14N6O/c1-4(2)5(3-8)9-7(14)6-10-12-13-11-6/h4-5H,3,8H2,1-2H3,(H,9,14)(H,10,11,12,13). The number of carbonyl (C=O) groups is 1. The fourth-order valence-corrected chi connectivity index (χ4v) is 0.989. The smallest absolute Gasteiger partial charge is 0.293 e. The van der Waals surface area contributed by atoms with Crippen molar-refractivity contribution in [3.63, 3.8) is 0 Å². The van der Waals surface area contributed by atoms with Crippen LogP contribution in [0.5, 0.6) is 0 Å². The summed E-state index contributed by atoms with van der Waals surface area (Å²) in [6, 6.07) is -0.0685. The summed E-state index contributed by atoms with van der Waals surface area (Å²) in [4.78, 5) is 11.4. The summed E-state index contributed by atoms with van der Waals surface area (Å²) in [5, 5.41) is 15.3. The lowest BCUT2D eigenvalue weighted by Gasteiger charge is -2.19. The highest BCUT2D eigenvalue weighted by atomic mass is 16.2. The van der Waals surface area contributed by atoms with Crippen LogP contribution in [0.1, 0.15) is 24.5 Å². The lowest BCUT2D eigenvalue weighted by Crippen LogP contribution is -2.44. The Labute approximate surface area is 81.4 Å². The molecule has 1 aromatic heterocycles. The predicted molar refractivity (Wildman–Crippen MR) is 49.3 cm³/mol. The van der Waals surface area contributed by atoms with Gasteiger partial charge in [-0.25, -0.2) is 0 Å². The van der Waals surface area contributed by atoms with Gasteiger partial charge in [0.15, 0.2) is 0 Å². The summed E-state index contributed by atoms with van der Waals surface area (Å²) >= 11 is 0. The van der Waals surface area contributed by atoms with Gasteiger partial charge in [0.25, 0.3) is 11.7 Å². The first-order valence-corrected chi connectivity index (χ1v) is 4.39. The van der Waals surface area contributed by atoms with Gasteiger partial charge in [-0.05, 0) is 11.1 Å². The van der Waals surface area contributed by atoms with E-state index < -0.39 is 0 Å². The molecule has 1 amide bonds. The summed E-state index contributed by atoms with van der Waals surface area (Å²) in [5.41, 5.74) is 5.50. The van der Waals surface area contributed by atoms with Crippen LogP contribution in [0.3, 0.4) is 0 Å². The van der Waals surface area contributed by atoms with Crippen molar-refractivity contribution in [3.8, 4) is 0 Å². The van der Waals surface area contributed by atoms with E-state index in [9.17, 15) is 4.79 Å². The normalized spacial score (nSPS) is 12.9. The van der Waals surface area contributed by atoms with E-state index in [1.807, 2.05) is 13.8 Å². The van der Waals surface area contributed by atoms with Gasteiger partial charge in [-0.2, -0.15) is 5.21 Å². The number of rotatable bonds is 4. The number of nitrogens with zero attached hydrogens (tertiary/aromatic N) is 3. The minimum Gasteiger partial charge on any atom is -0.345 e. The summed E-state index contributed by atoms with van der Waals surface area (Å²) in [6.07, 6.45) is 0. The van der Waals surface area contributed by atoms with Gasteiger partial charge in [0, 0.05) is 12.6 Å². The fourth-order valence-electron chi connectivity index (χ4n) is 0.989. The highest BCUT2D eigenvalue weighted by molar-refractivity contribution is 5.90. The Morgan fingerprint density at radius 1 is 1.64 bits per heavy atom. The molecule has 0 spiro atoms. The number of tetrazole rings is 1. The van der Waals surface area contributed by atoms with Crippen molar-refractivity contribution >= 4 is 5.91 Å². The minimum atomic E-state index is -0.358. The van der Waals surface area contributed by atoms with E-state index in [1.54, 1.807) is 0 Å². The number of hydrogen-bond donors (Lipinski definition) is 3. The molecule has 4 N–H and O–H groups in total. The molecule has 0 aromatic carbocycles. The maximum Gasteiger partial charge on any atom is 0.293 e. The average Bonchev–Trinajstić information content (AvgIpc) is 2.65. The first kappa shape index (κ1) is 10.6. The number of aromatic amines is 1. The zero-order valence-electron chi connectivity index (χ0n) is 8.19. The number of nitrogens with two attached hydrogens (primary N) is 1. The van der Waals surface area contributed by atoms with E-state index in [1.165, 1.54) is 0 Å². The van der Waals surface area contributed by atoms with Gasteiger partial charge >= 0.3 is 0 Å². The third-order valence-electron chi connectivity index (χ3n) is 1.92. The maximum absolute atomic E-state index is 11.4. The molecule has 0 saturated heterocycles. The number of aromatic nitrogens is 4. The van der Waals surface area contributed by atoms with Crippen molar-refractivity contribution in [1.29, 1.82) is 0 Å². The Morgan fingerprint density at radius 3 is 2.79 bits per heavy atom. The van der Waals surface area contributed by atoms with Gasteiger partial charge in [-0.15, -0.1) is 10.2 Å². The van der Waals surface area contributed by atoms with Gasteiger partial charge in [-0.1, -0.05) is 13.8 Å². The highest BCUT2D eigenvalue weighted by Gasteiger charge is 2.17. The topological polar surface area (TPSA) is 110 Å². The Morgan fingerprint density at radius 2 is 2.36 bits per heavy atom. The van der Waals surface area contributed by atoms with Crippen molar-refractivity contribution < 1.29 is 4.79 Å². The van der Waals surface area contributed by atoms with Gasteiger partial charge in [0.1, 0.15) is 0 Å². The number of nitrogens with one attached hydrogen (secondary N) is 2. The molecule has 0 bridgehead atoms. The SMILES string of the molecule is CC(C)C(CN)NC(=O)c1nn[nH]n1. The minimum absolute atomic E-state index is 0.0316. The second-order valence-corrected chi connectivity index (χ2v) is 3.30. The molecule has 1 unspecified atom stereocenters. The van der Waals surface area contributed by atoms with Crippen LogP contribution in [0.4, 0.5) is 0 Å². The molecule has 7 nitrogen and oxygen atoms in total. The molecule has 7 heteroatoms. The van der Waals surface area contributed by atoms with E-state index in [-0.39, 0.29) is 23.7 Å². The Kier molecular flexibility index (Phi) is 3.52. The zero-order valence-corrected chi connectivity index (χ0v) is 8.19. The Bertz CT molecular complexity index is 282. The lowest BCUT2D eigenvalue weighted by molar-refractivity contribution is 0.0917. The second-order valence-electron chi connectivity index (χ2n) is 3.30. The number of amides is 1. The van der Waals surface area contributed by atoms with E-state index in [0.29, 0.717) is 6.54 Å². The van der Waals surface area contributed by atoms with Crippen LogP contribution >= 0.6 is 0 Å². The molecule has 0 aliphatic heterocycles. The van der Waals surface area contributed by atoms with Crippen LogP contribution in [0.2, 0.25) is 0 Å². The van der Waals surface area contributed by atoms with Gasteiger partial charge in [0.2, 0.25) is 0 Å². The first-order valence-electron chi connectivity index (χ1n) is 4.39. The molecule has 1 rings (SSSR count). The van der Waals surface area contributed by atoms with Gasteiger partial charge in [0.05, 0.1) is 0 Å². The molecule has 78 valence electrons. The van der Waals surface area contributed by atoms with Crippen LogP contribution in [0.15, 0.2) is 0 Å². The van der Waals surface area contributed by atoms with E-state index >= 15 is 0 Å². The largest absolute Gasteiger partial charge is 0.345 e. The molecule has 0 radical (unpaired) electrons. The highest BCUT2D eigenvalue weighted by Crippen LogP contribution is 2.00. The van der Waals surface area contributed by atoms with Crippen molar-refractivity contribution in [2.75, 3.05) is 6.54 Å². The average molecular weight is 198 g/mol. The van der Waals surface area contributed by atoms with E-state index in [4.69, 9.17) is 5.73 Å². The number of hydrogen-bond acceptors (Lipinski definition) is 5. The van der Waals surface area contributed by atoms with Crippen LogP contribution in [-0.4, -0.2) is 39.1 Å². The molecule has 1 aromatic rings. The monoisotopic (exact) mass is 198 g/mol. The van der Waals surface area contributed by atoms with E-state index in [0.717, 1.165) is 0 Å². The van der Waals surface area contributed by atoms with Crippen molar-refractivity contribution in [3.05, 3.63) is 5.82 Å². The zero-order chi connectivity index (χ0) is 10.6. The molecular weight excluding hydrogens is 184 g/mol. The first-order chi connectivity index (χ1) is 6.65. The van der Waals surface area contributed by atoms with Crippen LogP contribution in [0.25, 0.3) is 0 Å². The predicted octanol–water partition coefficient (Wildman–Crippen LogP) is -1.09. The second kappa shape index (κ2) is 4.66. The van der Waals surface area contributed by atoms with Gasteiger partial charge < -0.3 is 11.1 Å². The van der Waals surface area contributed by atoms with Crippen LogP contribution in [-0.2, 0) is 0 Å². The van der Waals surface area contributed by atoms with Crippen molar-refractivity contribution in [2.45, 2.75) is 19.9 Å². The Hall–Kier alpha value is -1.50. The van der Waals surface area contributed by atoms with Gasteiger partial charge in [-0.3, -0.25) is 4.79 Å². The summed E-state index contributed by atoms with van der Waals surface area (Å²) in [7, 11) is 0. The summed E-state index contributed by atoms with van der Waals surface area (Å²) in [5.74, 6) is -0.0529. The molecule has 0 aliphatic carbocycles. The molecular formula is C7H14N6O. The number of H-pyrrole nitrogens is 1. The molecule has 1 heterocycles. The molecule has 14 heavy (non-hydrogen) atoms. The van der Waals surface area contributed by atoms with Crippen LogP contribution in [0, 0.1) is 5.92 Å². The number of carbonyl (C=O) groups excluding carboxylic acids is 1. The molecule has 1 atom stereocenters. The fraction of sp³-hybridized carbons (Fsp3) is 0.714. The van der Waals surface area contributed by atoms with Crippen molar-refractivity contribution in [2.24, 2.45) is 11.7 Å². The summed E-state index contributed by atoms with van der Waals surface area (Å²) < 4.78 is 0. The van der Waals surface area contributed by atoms with Crippen LogP contribution < -0.4 is 11.1 Å². The van der Waals surface area contributed by atoms with E-state index in [2.05, 4.69) is 25.9 Å². The van der Waals surface area contributed by atoms with Crippen molar-refractivity contribution in [1.82, 2.24) is 25.9 Å². The maximum atomic E-state index is 11.4. The third kappa shape index (κ3) is 2.49. The molecule has 0 saturated carbocycles. The molecule has 0 fully saturated rings. The lowest BCUT2D eigenvalue weighted by atomic mass is 10.1. The summed E-state index contributed by atoms with van der Waals surface area (Å²) in [6.45, 7) is 4.35. The molecule has 0 aliphatic rings. The quantitative estimate of drug-likeness (QED) is 0.569. The third-order valence-corrected chi connectivity index (χ3v) is 1.92.